The molecule has 5 rings (SSSR count). The Labute approximate surface area is 163 Å². The van der Waals surface area contributed by atoms with Crippen LogP contribution in [0.5, 0.6) is 0 Å². The molecular weight excluding hydrogens is 360 g/mol. The maximum Gasteiger partial charge on any atom is 0.140 e. The Morgan fingerprint density at radius 3 is 2.96 bits per heavy atom. The second kappa shape index (κ2) is 5.77. The summed E-state index contributed by atoms with van der Waals surface area (Å²) in [5, 5.41) is 13.1. The van der Waals surface area contributed by atoms with Gasteiger partial charge in [0.1, 0.15) is 11.2 Å². The van der Waals surface area contributed by atoms with E-state index in [0.29, 0.717) is 24.0 Å². The zero-order valence-electron chi connectivity index (χ0n) is 15.8. The Balaban J connectivity index is 1.65. The number of hydrogen-bond donors (Lipinski definition) is 1. The third-order valence-electron chi connectivity index (χ3n) is 6.29. The molecule has 1 N–H and O–H groups in total. The fraction of sp³-hybridized carbons (Fsp3) is 0.429. The van der Waals surface area contributed by atoms with Crippen molar-refractivity contribution >= 4 is 22.6 Å². The lowest BCUT2D eigenvalue weighted by Gasteiger charge is -2.40. The van der Waals surface area contributed by atoms with Gasteiger partial charge in [-0.25, -0.2) is 4.98 Å². The first kappa shape index (κ1) is 17.2. The number of aryl methyl sites for hydroxylation is 1. The molecule has 0 amide bonds. The number of fused-ring (bicyclic) bond motifs is 4. The molecule has 0 fully saturated rings. The number of likely N-dealkylation sites (N-methyl/N-ethyl adjacent to an activating group) is 1. The van der Waals surface area contributed by atoms with Crippen LogP contribution in [0.25, 0.3) is 11.0 Å². The number of pyridine rings is 2. The first-order valence-electron chi connectivity index (χ1n) is 9.43. The summed E-state index contributed by atoms with van der Waals surface area (Å²) < 4.78 is 2.22. The van der Waals surface area contributed by atoms with Crippen molar-refractivity contribution in [1.82, 2.24) is 19.4 Å². The number of nitrogens with zero attached hydrogens (tertiary/aromatic N) is 4. The first-order chi connectivity index (χ1) is 12.9. The predicted molar refractivity (Wildman–Crippen MR) is 106 cm³/mol. The second-order valence-corrected chi connectivity index (χ2v) is 8.47. The largest absolute Gasteiger partial charge is 0.383 e. The molecule has 0 saturated heterocycles. The third kappa shape index (κ3) is 2.45. The van der Waals surface area contributed by atoms with E-state index in [2.05, 4.69) is 33.4 Å². The quantitative estimate of drug-likeness (QED) is 0.738. The van der Waals surface area contributed by atoms with E-state index >= 15 is 0 Å². The van der Waals surface area contributed by atoms with Crippen molar-refractivity contribution in [2.75, 3.05) is 13.6 Å². The van der Waals surface area contributed by atoms with E-state index in [-0.39, 0.29) is 0 Å². The van der Waals surface area contributed by atoms with Crippen LogP contribution < -0.4 is 0 Å². The lowest BCUT2D eigenvalue weighted by molar-refractivity contribution is -0.00709. The van der Waals surface area contributed by atoms with Gasteiger partial charge < -0.3 is 9.67 Å². The Hall–Kier alpha value is -1.95. The van der Waals surface area contributed by atoms with Crippen molar-refractivity contribution in [3.8, 4) is 0 Å². The summed E-state index contributed by atoms with van der Waals surface area (Å²) in [5.74, 6) is 0. The van der Waals surface area contributed by atoms with Crippen LogP contribution in [0.4, 0.5) is 0 Å². The van der Waals surface area contributed by atoms with Gasteiger partial charge in [0.15, 0.2) is 0 Å². The first-order valence-corrected chi connectivity index (χ1v) is 9.81. The van der Waals surface area contributed by atoms with Gasteiger partial charge in [0.2, 0.25) is 0 Å². The Bertz CT molecular complexity index is 1080. The second-order valence-electron chi connectivity index (χ2n) is 8.03. The van der Waals surface area contributed by atoms with Crippen LogP contribution in [0.3, 0.4) is 0 Å². The van der Waals surface area contributed by atoms with Crippen LogP contribution in [0.15, 0.2) is 24.4 Å². The molecule has 0 spiro atoms. The summed E-state index contributed by atoms with van der Waals surface area (Å²) in [5.41, 5.74) is 5.53. The van der Waals surface area contributed by atoms with Crippen LogP contribution in [-0.2, 0) is 25.0 Å². The molecule has 6 heteroatoms. The molecule has 3 aromatic rings. The van der Waals surface area contributed by atoms with Crippen molar-refractivity contribution in [1.29, 1.82) is 0 Å². The fourth-order valence-electron chi connectivity index (χ4n) is 4.71. The van der Waals surface area contributed by atoms with Crippen molar-refractivity contribution in [3.63, 3.8) is 0 Å². The van der Waals surface area contributed by atoms with Gasteiger partial charge >= 0.3 is 0 Å². The normalized spacial score (nSPS) is 24.6. The highest BCUT2D eigenvalue weighted by Gasteiger charge is 2.44. The highest BCUT2D eigenvalue weighted by molar-refractivity contribution is 6.31. The maximum absolute atomic E-state index is 11.3. The molecule has 140 valence electrons. The lowest BCUT2D eigenvalue weighted by Crippen LogP contribution is -2.44. The van der Waals surface area contributed by atoms with E-state index in [0.717, 1.165) is 41.0 Å². The zero-order valence-corrected chi connectivity index (χ0v) is 16.6. The van der Waals surface area contributed by atoms with Crippen LogP contribution in [-0.4, -0.2) is 38.1 Å². The Morgan fingerprint density at radius 1 is 1.37 bits per heavy atom. The van der Waals surface area contributed by atoms with Gasteiger partial charge in [-0.1, -0.05) is 17.7 Å². The zero-order chi connectivity index (χ0) is 18.9. The molecule has 27 heavy (non-hydrogen) atoms. The molecule has 0 saturated carbocycles. The molecule has 0 aromatic carbocycles. The number of aliphatic hydroxyl groups is 1. The van der Waals surface area contributed by atoms with Gasteiger partial charge in [-0.3, -0.25) is 9.88 Å². The molecule has 2 unspecified atom stereocenters. The number of rotatable bonds is 2. The van der Waals surface area contributed by atoms with Crippen LogP contribution in [0, 0.1) is 6.92 Å². The van der Waals surface area contributed by atoms with E-state index in [4.69, 9.17) is 11.6 Å². The summed E-state index contributed by atoms with van der Waals surface area (Å²) >= 11 is 6.26. The van der Waals surface area contributed by atoms with E-state index in [1.165, 1.54) is 11.3 Å². The lowest BCUT2D eigenvalue weighted by atomic mass is 9.76. The van der Waals surface area contributed by atoms with Gasteiger partial charge in [0.05, 0.1) is 17.3 Å². The fourth-order valence-corrected chi connectivity index (χ4v) is 4.87. The Morgan fingerprint density at radius 2 is 2.19 bits per heavy atom. The van der Waals surface area contributed by atoms with Gasteiger partial charge in [0, 0.05) is 54.0 Å². The van der Waals surface area contributed by atoms with Crippen molar-refractivity contribution in [2.24, 2.45) is 0 Å². The highest BCUT2D eigenvalue weighted by atomic mass is 35.5. The molecule has 1 aliphatic carbocycles. The molecule has 5 nitrogen and oxygen atoms in total. The maximum atomic E-state index is 11.3. The molecular formula is C21H23ClN4O. The summed E-state index contributed by atoms with van der Waals surface area (Å²) in [4.78, 5) is 11.6. The summed E-state index contributed by atoms with van der Waals surface area (Å²) in [7, 11) is 2.15. The predicted octanol–water partition coefficient (Wildman–Crippen LogP) is 3.39. The number of halogens is 1. The smallest absolute Gasteiger partial charge is 0.140 e. The van der Waals surface area contributed by atoms with Crippen molar-refractivity contribution in [2.45, 2.75) is 44.9 Å². The monoisotopic (exact) mass is 382 g/mol. The molecule has 2 atom stereocenters. The Kier molecular flexibility index (Phi) is 3.67. The minimum absolute atomic E-state index is 0.297. The average molecular weight is 383 g/mol. The standard InChI is InChI=1S/C21H23ClN4O/c1-12-4-5-16-17(24-12)9-21(16,27)11-26-18-6-7-25(3)13(2)19(18)15-8-14(22)10-23-20(15)26/h4-5,8,10,13,27H,6-7,9,11H2,1-3H3. The van der Waals surface area contributed by atoms with E-state index in [1.54, 1.807) is 6.20 Å². The summed E-state index contributed by atoms with van der Waals surface area (Å²) in [6.45, 7) is 5.71. The van der Waals surface area contributed by atoms with E-state index in [9.17, 15) is 5.11 Å². The minimum atomic E-state index is -0.885. The molecule has 0 bridgehead atoms. The minimum Gasteiger partial charge on any atom is -0.383 e. The average Bonchev–Trinajstić information content (AvgIpc) is 2.91. The topological polar surface area (TPSA) is 54.2 Å². The van der Waals surface area contributed by atoms with Gasteiger partial charge in [-0.15, -0.1) is 0 Å². The van der Waals surface area contributed by atoms with Gasteiger partial charge in [-0.05, 0) is 38.6 Å². The summed E-state index contributed by atoms with van der Waals surface area (Å²) in [6, 6.07) is 6.30. The SMILES string of the molecule is Cc1ccc2c(n1)CC2(O)Cn1c2c(c3cc(Cl)cnc31)C(C)N(C)CC2. The number of aromatic nitrogens is 3. The van der Waals surface area contributed by atoms with Crippen molar-refractivity contribution < 1.29 is 5.11 Å². The molecule has 3 aromatic heterocycles. The molecule has 1 aliphatic heterocycles. The van der Waals surface area contributed by atoms with Crippen LogP contribution >= 0.6 is 11.6 Å². The van der Waals surface area contributed by atoms with Gasteiger partial charge in [-0.2, -0.15) is 0 Å². The van der Waals surface area contributed by atoms with E-state index < -0.39 is 5.60 Å². The third-order valence-corrected chi connectivity index (χ3v) is 6.50. The van der Waals surface area contributed by atoms with Crippen LogP contribution in [0.2, 0.25) is 5.02 Å². The highest BCUT2D eigenvalue weighted by Crippen LogP contribution is 2.43. The van der Waals surface area contributed by atoms with E-state index in [1.807, 2.05) is 25.1 Å². The molecule has 4 heterocycles. The molecule has 2 aliphatic rings. The van der Waals surface area contributed by atoms with Crippen molar-refractivity contribution in [3.05, 3.63) is 57.6 Å². The van der Waals surface area contributed by atoms with Gasteiger partial charge in [0.25, 0.3) is 0 Å². The van der Waals surface area contributed by atoms with Crippen LogP contribution in [0.1, 0.15) is 41.2 Å². The number of hydrogen-bond acceptors (Lipinski definition) is 4. The summed E-state index contributed by atoms with van der Waals surface area (Å²) in [6.07, 6.45) is 3.23. The molecule has 0 radical (unpaired) electrons.